The molecule has 1 amide bonds. The number of nitrogens with one attached hydrogen (secondary N) is 1. The highest BCUT2D eigenvalue weighted by atomic mass is 16.5. The molecule has 17 heavy (non-hydrogen) atoms. The minimum atomic E-state index is -0.502. The van der Waals surface area contributed by atoms with E-state index in [0.29, 0.717) is 18.7 Å². The average molecular weight is 238 g/mol. The standard InChI is InChI=1S/C11H14N2O4/c1-16-6-5-13-10(14)9-7-8(3-4-12-9)11(15)17-2/h3-4,7H,5-6H2,1-2H3,(H,13,14). The third-order valence-electron chi connectivity index (χ3n) is 2.01. The lowest BCUT2D eigenvalue weighted by atomic mass is 10.2. The predicted molar refractivity (Wildman–Crippen MR) is 59.8 cm³/mol. The SMILES string of the molecule is COCCNC(=O)c1cc(C(=O)OC)ccn1. The Bertz CT molecular complexity index is 406. The van der Waals surface area contributed by atoms with Crippen molar-refractivity contribution in [2.24, 2.45) is 0 Å². The maximum atomic E-state index is 11.6. The van der Waals surface area contributed by atoms with Crippen LogP contribution in [0.25, 0.3) is 0 Å². The predicted octanol–water partition coefficient (Wildman–Crippen LogP) is 0.244. The Morgan fingerprint density at radius 3 is 2.82 bits per heavy atom. The van der Waals surface area contributed by atoms with E-state index in [-0.39, 0.29) is 11.6 Å². The zero-order valence-electron chi connectivity index (χ0n) is 9.73. The average Bonchev–Trinajstić information content (AvgIpc) is 2.38. The van der Waals surface area contributed by atoms with Gasteiger partial charge >= 0.3 is 5.97 Å². The quantitative estimate of drug-likeness (QED) is 0.587. The zero-order chi connectivity index (χ0) is 12.7. The fourth-order valence-electron chi connectivity index (χ4n) is 1.16. The molecule has 1 N–H and O–H groups in total. The molecule has 0 unspecified atom stereocenters. The smallest absolute Gasteiger partial charge is 0.337 e. The third-order valence-corrected chi connectivity index (χ3v) is 2.01. The summed E-state index contributed by atoms with van der Waals surface area (Å²) >= 11 is 0. The molecule has 0 atom stereocenters. The van der Waals surface area contributed by atoms with E-state index in [9.17, 15) is 9.59 Å². The molecule has 0 spiro atoms. The van der Waals surface area contributed by atoms with Crippen LogP contribution in [0, 0.1) is 0 Å². The van der Waals surface area contributed by atoms with E-state index in [0.717, 1.165) is 0 Å². The Labute approximate surface area is 98.9 Å². The number of rotatable bonds is 5. The molecule has 0 saturated heterocycles. The van der Waals surface area contributed by atoms with Gasteiger partial charge in [0.15, 0.2) is 0 Å². The van der Waals surface area contributed by atoms with Crippen molar-refractivity contribution in [3.8, 4) is 0 Å². The van der Waals surface area contributed by atoms with Crippen molar-refractivity contribution in [3.05, 3.63) is 29.6 Å². The molecule has 0 aliphatic heterocycles. The van der Waals surface area contributed by atoms with E-state index in [4.69, 9.17) is 4.74 Å². The lowest BCUT2D eigenvalue weighted by Crippen LogP contribution is -2.27. The minimum Gasteiger partial charge on any atom is -0.465 e. The summed E-state index contributed by atoms with van der Waals surface area (Å²) < 4.78 is 9.35. The van der Waals surface area contributed by atoms with E-state index >= 15 is 0 Å². The summed E-state index contributed by atoms with van der Waals surface area (Å²) in [6, 6.07) is 2.87. The van der Waals surface area contributed by atoms with E-state index in [1.807, 2.05) is 0 Å². The van der Waals surface area contributed by atoms with E-state index in [1.165, 1.54) is 25.4 Å². The molecule has 0 fully saturated rings. The summed E-state index contributed by atoms with van der Waals surface area (Å²) in [5.74, 6) is -0.855. The van der Waals surface area contributed by atoms with Gasteiger partial charge < -0.3 is 14.8 Å². The highest BCUT2D eigenvalue weighted by Crippen LogP contribution is 2.03. The van der Waals surface area contributed by atoms with Crippen LogP contribution in [0.15, 0.2) is 18.3 Å². The van der Waals surface area contributed by atoms with Crippen molar-refractivity contribution in [3.63, 3.8) is 0 Å². The number of carbonyl (C=O) groups is 2. The largest absolute Gasteiger partial charge is 0.465 e. The molecule has 1 aromatic heterocycles. The van der Waals surface area contributed by atoms with E-state index in [1.54, 1.807) is 7.11 Å². The lowest BCUT2D eigenvalue weighted by molar-refractivity contribution is 0.0600. The number of amides is 1. The van der Waals surface area contributed by atoms with Gasteiger partial charge in [0, 0.05) is 19.9 Å². The molecule has 6 nitrogen and oxygen atoms in total. The van der Waals surface area contributed by atoms with Crippen molar-refractivity contribution < 1.29 is 19.1 Å². The van der Waals surface area contributed by atoms with Gasteiger partial charge in [-0.1, -0.05) is 0 Å². The second-order valence-corrected chi connectivity index (χ2v) is 3.17. The molecule has 0 aliphatic carbocycles. The molecular weight excluding hydrogens is 224 g/mol. The summed E-state index contributed by atoms with van der Waals surface area (Å²) in [5.41, 5.74) is 0.461. The van der Waals surface area contributed by atoms with Gasteiger partial charge in [0.2, 0.25) is 0 Å². The Morgan fingerprint density at radius 1 is 1.41 bits per heavy atom. The molecule has 1 rings (SSSR count). The number of methoxy groups -OCH3 is 2. The zero-order valence-corrected chi connectivity index (χ0v) is 9.73. The molecule has 0 saturated carbocycles. The Morgan fingerprint density at radius 2 is 2.18 bits per heavy atom. The Balaban J connectivity index is 2.70. The number of hydrogen-bond donors (Lipinski definition) is 1. The van der Waals surface area contributed by atoms with Crippen molar-refractivity contribution in [2.45, 2.75) is 0 Å². The number of carbonyl (C=O) groups excluding carboxylic acids is 2. The Kier molecular flexibility index (Phi) is 5.09. The van der Waals surface area contributed by atoms with Crippen LogP contribution < -0.4 is 5.32 Å². The second kappa shape index (κ2) is 6.59. The van der Waals surface area contributed by atoms with Gasteiger partial charge in [-0.25, -0.2) is 4.79 Å². The topological polar surface area (TPSA) is 77.5 Å². The summed E-state index contributed by atoms with van der Waals surface area (Å²) in [5, 5.41) is 2.61. The van der Waals surface area contributed by atoms with E-state index in [2.05, 4.69) is 15.0 Å². The first-order valence-corrected chi connectivity index (χ1v) is 5.00. The van der Waals surface area contributed by atoms with Gasteiger partial charge in [-0.2, -0.15) is 0 Å². The molecule has 1 heterocycles. The molecule has 0 aliphatic rings. The maximum Gasteiger partial charge on any atom is 0.337 e. The highest BCUT2D eigenvalue weighted by molar-refractivity contribution is 5.96. The molecule has 92 valence electrons. The number of hydrogen-bond acceptors (Lipinski definition) is 5. The van der Waals surface area contributed by atoms with Crippen LogP contribution in [-0.2, 0) is 9.47 Å². The number of ether oxygens (including phenoxy) is 2. The summed E-state index contributed by atoms with van der Waals surface area (Å²) in [4.78, 5) is 26.7. The number of nitrogens with zero attached hydrogens (tertiary/aromatic N) is 1. The number of esters is 1. The maximum absolute atomic E-state index is 11.6. The van der Waals surface area contributed by atoms with Crippen LogP contribution in [0.3, 0.4) is 0 Å². The number of aromatic nitrogens is 1. The van der Waals surface area contributed by atoms with Gasteiger partial charge in [-0.15, -0.1) is 0 Å². The van der Waals surface area contributed by atoms with E-state index < -0.39 is 5.97 Å². The van der Waals surface area contributed by atoms with Crippen LogP contribution in [0.5, 0.6) is 0 Å². The molecule has 0 radical (unpaired) electrons. The first-order valence-electron chi connectivity index (χ1n) is 5.00. The van der Waals surface area contributed by atoms with Crippen molar-refractivity contribution in [1.82, 2.24) is 10.3 Å². The number of pyridine rings is 1. The van der Waals surface area contributed by atoms with Crippen molar-refractivity contribution in [1.29, 1.82) is 0 Å². The minimum absolute atomic E-state index is 0.170. The molecule has 0 aromatic carbocycles. The molecule has 1 aromatic rings. The fourth-order valence-corrected chi connectivity index (χ4v) is 1.16. The van der Waals surface area contributed by atoms with Crippen LogP contribution >= 0.6 is 0 Å². The van der Waals surface area contributed by atoms with Crippen molar-refractivity contribution in [2.75, 3.05) is 27.4 Å². The van der Waals surface area contributed by atoms with Crippen LogP contribution in [-0.4, -0.2) is 44.2 Å². The summed E-state index contributed by atoms with van der Waals surface area (Å²) in [6.07, 6.45) is 1.39. The molecule has 6 heteroatoms. The van der Waals surface area contributed by atoms with Crippen LogP contribution in [0.2, 0.25) is 0 Å². The van der Waals surface area contributed by atoms with Gasteiger partial charge in [0.05, 0.1) is 19.3 Å². The highest BCUT2D eigenvalue weighted by Gasteiger charge is 2.11. The second-order valence-electron chi connectivity index (χ2n) is 3.17. The van der Waals surface area contributed by atoms with Crippen LogP contribution in [0.4, 0.5) is 0 Å². The summed E-state index contributed by atoms with van der Waals surface area (Å²) in [7, 11) is 2.82. The fraction of sp³-hybridized carbons (Fsp3) is 0.364. The molecular formula is C11H14N2O4. The van der Waals surface area contributed by atoms with Crippen molar-refractivity contribution >= 4 is 11.9 Å². The van der Waals surface area contributed by atoms with Gasteiger partial charge in [0.1, 0.15) is 5.69 Å². The first kappa shape index (κ1) is 13.1. The lowest BCUT2D eigenvalue weighted by Gasteiger charge is -2.04. The first-order chi connectivity index (χ1) is 8.19. The monoisotopic (exact) mass is 238 g/mol. The molecule has 0 bridgehead atoms. The summed E-state index contributed by atoms with van der Waals surface area (Å²) in [6.45, 7) is 0.807. The third kappa shape index (κ3) is 3.84. The van der Waals surface area contributed by atoms with Crippen LogP contribution in [0.1, 0.15) is 20.8 Å². The van der Waals surface area contributed by atoms with Gasteiger partial charge in [0.25, 0.3) is 5.91 Å². The van der Waals surface area contributed by atoms with Gasteiger partial charge in [-0.3, -0.25) is 9.78 Å². The van der Waals surface area contributed by atoms with Gasteiger partial charge in [-0.05, 0) is 12.1 Å². The Hall–Kier alpha value is -1.95. The normalized spacial score (nSPS) is 9.76.